The molecule has 0 unspecified atom stereocenters. The summed E-state index contributed by atoms with van der Waals surface area (Å²) in [7, 11) is 0. The van der Waals surface area contributed by atoms with Crippen LogP contribution in [0.25, 0.3) is 10.8 Å². The second kappa shape index (κ2) is 11.1. The molecule has 0 aromatic heterocycles. The Kier molecular flexibility index (Phi) is 7.94. The lowest BCUT2D eigenvalue weighted by Gasteiger charge is -2.30. The fraction of sp³-hybridized carbons (Fsp3) is 0.345. The van der Waals surface area contributed by atoms with E-state index in [0.29, 0.717) is 30.1 Å². The van der Waals surface area contributed by atoms with E-state index in [-0.39, 0.29) is 30.2 Å². The second-order valence-electron chi connectivity index (χ2n) is 9.38. The van der Waals surface area contributed by atoms with Gasteiger partial charge >= 0.3 is 0 Å². The van der Waals surface area contributed by atoms with E-state index in [0.717, 1.165) is 28.4 Å². The molecular formula is C29H32ClN3O3. The predicted molar refractivity (Wildman–Crippen MR) is 144 cm³/mol. The van der Waals surface area contributed by atoms with Crippen LogP contribution in [0.2, 0.25) is 5.02 Å². The van der Waals surface area contributed by atoms with Crippen molar-refractivity contribution in [1.82, 2.24) is 10.2 Å². The van der Waals surface area contributed by atoms with Crippen LogP contribution in [0.15, 0.2) is 60.7 Å². The van der Waals surface area contributed by atoms with Crippen LogP contribution >= 0.6 is 11.6 Å². The number of nitrogens with zero attached hydrogens (tertiary/aromatic N) is 2. The summed E-state index contributed by atoms with van der Waals surface area (Å²) in [6, 6.07) is 18.3. The van der Waals surface area contributed by atoms with Crippen molar-refractivity contribution >= 4 is 45.8 Å². The molecule has 0 fully saturated rings. The first-order valence-corrected chi connectivity index (χ1v) is 12.9. The molecule has 7 heteroatoms. The minimum absolute atomic E-state index is 0.0259. The Morgan fingerprint density at radius 3 is 2.42 bits per heavy atom. The molecule has 3 aromatic rings. The molecule has 2 atom stereocenters. The van der Waals surface area contributed by atoms with Gasteiger partial charge in [-0.05, 0) is 61.9 Å². The fourth-order valence-electron chi connectivity index (χ4n) is 4.57. The van der Waals surface area contributed by atoms with E-state index < -0.39 is 6.04 Å². The molecule has 0 saturated heterocycles. The van der Waals surface area contributed by atoms with Gasteiger partial charge in [-0.2, -0.15) is 0 Å². The Bertz CT molecular complexity index is 1270. The summed E-state index contributed by atoms with van der Waals surface area (Å²) in [6.45, 7) is 6.44. The molecule has 1 aliphatic rings. The molecule has 3 aromatic carbocycles. The lowest BCUT2D eigenvalue weighted by Crippen LogP contribution is -2.49. The first-order valence-electron chi connectivity index (χ1n) is 12.5. The van der Waals surface area contributed by atoms with Gasteiger partial charge in [0.05, 0.1) is 5.69 Å². The zero-order valence-electron chi connectivity index (χ0n) is 21.0. The SMILES string of the molecule is CC[C@H](C)NC(=O)[C@@H](C)N(Cc1ccc(Cl)cc1)C(=O)CCCN1C(=O)c2cccc3cccc1c23. The quantitative estimate of drug-likeness (QED) is 0.392. The van der Waals surface area contributed by atoms with Crippen molar-refractivity contribution in [2.75, 3.05) is 11.4 Å². The highest BCUT2D eigenvalue weighted by Crippen LogP contribution is 2.37. The van der Waals surface area contributed by atoms with Crippen LogP contribution in [-0.4, -0.2) is 41.2 Å². The maximum Gasteiger partial charge on any atom is 0.258 e. The smallest absolute Gasteiger partial charge is 0.258 e. The van der Waals surface area contributed by atoms with Gasteiger partial charge < -0.3 is 15.1 Å². The van der Waals surface area contributed by atoms with Gasteiger partial charge in [0.2, 0.25) is 11.8 Å². The Labute approximate surface area is 217 Å². The Morgan fingerprint density at radius 1 is 1.03 bits per heavy atom. The predicted octanol–water partition coefficient (Wildman–Crippen LogP) is 5.57. The van der Waals surface area contributed by atoms with E-state index >= 15 is 0 Å². The second-order valence-corrected chi connectivity index (χ2v) is 9.82. The van der Waals surface area contributed by atoms with Crippen LogP contribution < -0.4 is 10.2 Å². The van der Waals surface area contributed by atoms with E-state index in [1.165, 1.54) is 0 Å². The monoisotopic (exact) mass is 505 g/mol. The number of rotatable bonds is 10. The third-order valence-corrected chi connectivity index (χ3v) is 7.11. The Morgan fingerprint density at radius 2 is 1.72 bits per heavy atom. The first kappa shape index (κ1) is 25.7. The van der Waals surface area contributed by atoms with Gasteiger partial charge in [0, 0.05) is 41.5 Å². The molecule has 188 valence electrons. The minimum Gasteiger partial charge on any atom is -0.352 e. The Balaban J connectivity index is 1.46. The van der Waals surface area contributed by atoms with Crippen LogP contribution in [0.3, 0.4) is 0 Å². The van der Waals surface area contributed by atoms with E-state index in [2.05, 4.69) is 5.32 Å². The van der Waals surface area contributed by atoms with Crippen LogP contribution in [-0.2, 0) is 16.1 Å². The molecule has 3 amide bonds. The third-order valence-electron chi connectivity index (χ3n) is 6.86. The van der Waals surface area contributed by atoms with Gasteiger partial charge in [0.25, 0.3) is 5.91 Å². The minimum atomic E-state index is -0.631. The van der Waals surface area contributed by atoms with Crippen molar-refractivity contribution in [3.63, 3.8) is 0 Å². The number of halogens is 1. The van der Waals surface area contributed by atoms with Gasteiger partial charge in [-0.25, -0.2) is 0 Å². The zero-order valence-corrected chi connectivity index (χ0v) is 21.7. The van der Waals surface area contributed by atoms with Gasteiger partial charge in [0.15, 0.2) is 0 Å². The summed E-state index contributed by atoms with van der Waals surface area (Å²) in [4.78, 5) is 42.7. The maximum absolute atomic E-state index is 13.4. The molecule has 0 spiro atoms. The van der Waals surface area contributed by atoms with Crippen LogP contribution in [0, 0.1) is 0 Å². The first-order chi connectivity index (χ1) is 17.3. The summed E-state index contributed by atoms with van der Waals surface area (Å²) >= 11 is 6.03. The normalized spacial score (nSPS) is 14.1. The number of carbonyl (C=O) groups excluding carboxylic acids is 3. The lowest BCUT2D eigenvalue weighted by molar-refractivity contribution is -0.140. The van der Waals surface area contributed by atoms with E-state index in [9.17, 15) is 14.4 Å². The summed E-state index contributed by atoms with van der Waals surface area (Å²) in [5.41, 5.74) is 2.49. The number of carbonyl (C=O) groups is 3. The van der Waals surface area contributed by atoms with Crippen LogP contribution in [0.1, 0.15) is 56.0 Å². The molecule has 0 saturated carbocycles. The molecule has 4 rings (SSSR count). The van der Waals surface area contributed by atoms with Crippen molar-refractivity contribution in [3.8, 4) is 0 Å². The topological polar surface area (TPSA) is 69.7 Å². The molecule has 6 nitrogen and oxygen atoms in total. The number of anilines is 1. The van der Waals surface area contributed by atoms with Crippen molar-refractivity contribution in [3.05, 3.63) is 76.8 Å². The number of amides is 3. The number of nitrogens with one attached hydrogen (secondary N) is 1. The molecule has 36 heavy (non-hydrogen) atoms. The Hall–Kier alpha value is -3.38. The van der Waals surface area contributed by atoms with Crippen molar-refractivity contribution in [1.29, 1.82) is 0 Å². The molecule has 1 N–H and O–H groups in total. The average Bonchev–Trinajstić information content (AvgIpc) is 3.15. The zero-order chi connectivity index (χ0) is 25.8. The summed E-state index contributed by atoms with van der Waals surface area (Å²) in [5, 5.41) is 5.60. The van der Waals surface area contributed by atoms with E-state index in [1.807, 2.05) is 62.4 Å². The van der Waals surface area contributed by atoms with Crippen LogP contribution in [0.4, 0.5) is 5.69 Å². The van der Waals surface area contributed by atoms with Gasteiger partial charge in [0.1, 0.15) is 6.04 Å². The lowest BCUT2D eigenvalue weighted by atomic mass is 10.1. The van der Waals surface area contributed by atoms with Crippen molar-refractivity contribution in [2.45, 2.75) is 58.7 Å². The van der Waals surface area contributed by atoms with Gasteiger partial charge in [-0.15, -0.1) is 0 Å². The molecule has 0 bridgehead atoms. The average molecular weight is 506 g/mol. The number of hydrogen-bond donors (Lipinski definition) is 1. The highest BCUT2D eigenvalue weighted by molar-refractivity contribution is 6.30. The maximum atomic E-state index is 13.4. The third kappa shape index (κ3) is 5.39. The highest BCUT2D eigenvalue weighted by Gasteiger charge is 2.30. The molecule has 1 aliphatic heterocycles. The van der Waals surface area contributed by atoms with E-state index in [1.54, 1.807) is 28.9 Å². The highest BCUT2D eigenvalue weighted by atomic mass is 35.5. The van der Waals surface area contributed by atoms with E-state index in [4.69, 9.17) is 11.6 Å². The van der Waals surface area contributed by atoms with Crippen LogP contribution in [0.5, 0.6) is 0 Å². The molecule has 0 radical (unpaired) electrons. The number of hydrogen-bond acceptors (Lipinski definition) is 3. The molecule has 1 heterocycles. The summed E-state index contributed by atoms with van der Waals surface area (Å²) in [6.07, 6.45) is 1.53. The summed E-state index contributed by atoms with van der Waals surface area (Å²) in [5.74, 6) is -0.337. The standard InChI is InChI=1S/C29H32ClN3O3/c1-4-19(2)31-28(35)20(3)33(18-21-13-15-23(30)16-14-21)26(34)12-7-17-32-25-11-6-9-22-8-5-10-24(27(22)25)29(32)36/h5-6,8-11,13-16,19-20H,4,7,12,17-18H2,1-3H3,(H,31,35)/t19-,20+/m0/s1. The van der Waals surface area contributed by atoms with Gasteiger partial charge in [-0.1, -0.05) is 54.9 Å². The molecule has 0 aliphatic carbocycles. The van der Waals surface area contributed by atoms with Gasteiger partial charge in [-0.3, -0.25) is 14.4 Å². The van der Waals surface area contributed by atoms with Crippen molar-refractivity contribution < 1.29 is 14.4 Å². The number of benzene rings is 3. The fourth-order valence-corrected chi connectivity index (χ4v) is 4.69. The molecular weight excluding hydrogens is 474 g/mol. The largest absolute Gasteiger partial charge is 0.352 e. The van der Waals surface area contributed by atoms with Crippen molar-refractivity contribution in [2.24, 2.45) is 0 Å². The summed E-state index contributed by atoms with van der Waals surface area (Å²) < 4.78 is 0.